The summed E-state index contributed by atoms with van der Waals surface area (Å²) in [5, 5.41) is 9.86. The monoisotopic (exact) mass is 262 g/mol. The Bertz CT molecular complexity index is 557. The first kappa shape index (κ1) is 13.1. The standard InChI is InChI=1S/C12H18N6O/c1-8-11(9(2)18(3)17-8)16-12(19)14-5-4-10-6-13-7-15-10/h6-7H,4-5H2,1-3H3,(H,13,15)(H2,14,16,19). The normalized spacial score (nSPS) is 10.5. The van der Waals surface area contributed by atoms with Crippen LogP contribution in [0.2, 0.25) is 0 Å². The Morgan fingerprint density at radius 1 is 1.47 bits per heavy atom. The van der Waals surface area contributed by atoms with Crippen molar-refractivity contribution in [3.63, 3.8) is 0 Å². The Balaban J connectivity index is 1.84. The lowest BCUT2D eigenvalue weighted by molar-refractivity contribution is 0.252. The largest absolute Gasteiger partial charge is 0.348 e. The van der Waals surface area contributed by atoms with Crippen LogP contribution in [0.15, 0.2) is 12.5 Å². The lowest BCUT2D eigenvalue weighted by Crippen LogP contribution is -2.30. The number of nitrogens with one attached hydrogen (secondary N) is 3. The maximum atomic E-state index is 11.8. The quantitative estimate of drug-likeness (QED) is 0.771. The molecule has 0 aliphatic heterocycles. The number of nitrogens with zero attached hydrogens (tertiary/aromatic N) is 3. The number of aromatic nitrogens is 4. The number of H-pyrrole nitrogens is 1. The van der Waals surface area contributed by atoms with Crippen molar-refractivity contribution in [2.45, 2.75) is 20.3 Å². The zero-order valence-electron chi connectivity index (χ0n) is 11.3. The Hall–Kier alpha value is -2.31. The first-order valence-electron chi connectivity index (χ1n) is 6.10. The fourth-order valence-electron chi connectivity index (χ4n) is 1.84. The van der Waals surface area contributed by atoms with E-state index in [1.165, 1.54) is 0 Å². The molecular formula is C12H18N6O. The van der Waals surface area contributed by atoms with Gasteiger partial charge in [0.25, 0.3) is 0 Å². The maximum absolute atomic E-state index is 11.8. The van der Waals surface area contributed by atoms with Gasteiger partial charge in [-0.3, -0.25) is 4.68 Å². The average molecular weight is 262 g/mol. The van der Waals surface area contributed by atoms with Crippen LogP contribution in [0.5, 0.6) is 0 Å². The summed E-state index contributed by atoms with van der Waals surface area (Å²) in [5.41, 5.74) is 3.50. The van der Waals surface area contributed by atoms with Crippen LogP contribution in [-0.4, -0.2) is 32.3 Å². The van der Waals surface area contributed by atoms with Crippen LogP contribution < -0.4 is 10.6 Å². The molecule has 2 aromatic rings. The zero-order chi connectivity index (χ0) is 13.8. The second-order valence-corrected chi connectivity index (χ2v) is 4.38. The van der Waals surface area contributed by atoms with E-state index >= 15 is 0 Å². The third-order valence-corrected chi connectivity index (χ3v) is 2.98. The number of aryl methyl sites for hydroxylation is 2. The third-order valence-electron chi connectivity index (χ3n) is 2.98. The lowest BCUT2D eigenvalue weighted by Gasteiger charge is -2.07. The van der Waals surface area contributed by atoms with Gasteiger partial charge in [0.05, 0.1) is 23.4 Å². The van der Waals surface area contributed by atoms with E-state index in [1.807, 2.05) is 20.9 Å². The number of urea groups is 1. The molecule has 0 saturated carbocycles. The summed E-state index contributed by atoms with van der Waals surface area (Å²) in [6, 6.07) is -0.223. The van der Waals surface area contributed by atoms with E-state index in [2.05, 4.69) is 25.7 Å². The number of amides is 2. The van der Waals surface area contributed by atoms with E-state index < -0.39 is 0 Å². The van der Waals surface area contributed by atoms with Gasteiger partial charge in [0, 0.05) is 31.9 Å². The topological polar surface area (TPSA) is 87.6 Å². The van der Waals surface area contributed by atoms with E-state index in [0.29, 0.717) is 6.54 Å². The molecule has 0 aliphatic carbocycles. The highest BCUT2D eigenvalue weighted by atomic mass is 16.2. The Labute approximate surface area is 111 Å². The number of anilines is 1. The van der Waals surface area contributed by atoms with Gasteiger partial charge in [-0.1, -0.05) is 0 Å². The molecule has 0 spiro atoms. The summed E-state index contributed by atoms with van der Waals surface area (Å²) in [5.74, 6) is 0. The molecule has 0 aromatic carbocycles. The SMILES string of the molecule is Cc1nn(C)c(C)c1NC(=O)NCCc1cnc[nH]1. The van der Waals surface area contributed by atoms with Gasteiger partial charge in [0.15, 0.2) is 0 Å². The summed E-state index contributed by atoms with van der Waals surface area (Å²) >= 11 is 0. The van der Waals surface area contributed by atoms with Gasteiger partial charge in [-0.15, -0.1) is 0 Å². The molecule has 0 atom stereocenters. The van der Waals surface area contributed by atoms with Crippen LogP contribution in [0.1, 0.15) is 17.1 Å². The van der Waals surface area contributed by atoms with Crippen molar-refractivity contribution in [2.75, 3.05) is 11.9 Å². The molecular weight excluding hydrogens is 244 g/mol. The van der Waals surface area contributed by atoms with Crippen LogP contribution >= 0.6 is 0 Å². The van der Waals surface area contributed by atoms with Gasteiger partial charge in [-0.25, -0.2) is 9.78 Å². The summed E-state index contributed by atoms with van der Waals surface area (Å²) in [6.45, 7) is 4.33. The molecule has 102 valence electrons. The number of carbonyl (C=O) groups excluding carboxylic acids is 1. The highest BCUT2D eigenvalue weighted by molar-refractivity contribution is 5.90. The molecule has 0 unspecified atom stereocenters. The van der Waals surface area contributed by atoms with Gasteiger partial charge in [-0.2, -0.15) is 5.10 Å². The third kappa shape index (κ3) is 3.12. The first-order chi connectivity index (χ1) is 9.08. The molecule has 19 heavy (non-hydrogen) atoms. The number of imidazole rings is 1. The number of rotatable bonds is 4. The van der Waals surface area contributed by atoms with Crippen LogP contribution in [0, 0.1) is 13.8 Å². The molecule has 0 saturated heterocycles. The molecule has 2 aromatic heterocycles. The molecule has 0 fully saturated rings. The van der Waals surface area contributed by atoms with Gasteiger partial charge in [0.2, 0.25) is 0 Å². The number of carbonyl (C=O) groups is 1. The summed E-state index contributed by atoms with van der Waals surface area (Å²) in [7, 11) is 1.85. The van der Waals surface area contributed by atoms with E-state index in [4.69, 9.17) is 0 Å². The summed E-state index contributed by atoms with van der Waals surface area (Å²) in [4.78, 5) is 18.7. The average Bonchev–Trinajstić information content (AvgIpc) is 2.94. The minimum Gasteiger partial charge on any atom is -0.348 e. The number of hydrogen-bond acceptors (Lipinski definition) is 3. The fourth-order valence-corrected chi connectivity index (χ4v) is 1.84. The fraction of sp³-hybridized carbons (Fsp3) is 0.417. The van der Waals surface area contributed by atoms with Crippen molar-refractivity contribution in [3.8, 4) is 0 Å². The van der Waals surface area contributed by atoms with Crippen LogP contribution in [0.3, 0.4) is 0 Å². The van der Waals surface area contributed by atoms with Crippen molar-refractivity contribution in [1.29, 1.82) is 0 Å². The highest BCUT2D eigenvalue weighted by Gasteiger charge is 2.11. The molecule has 3 N–H and O–H groups in total. The van der Waals surface area contributed by atoms with E-state index in [0.717, 1.165) is 29.2 Å². The van der Waals surface area contributed by atoms with Crippen molar-refractivity contribution in [2.24, 2.45) is 7.05 Å². The lowest BCUT2D eigenvalue weighted by atomic mass is 10.3. The molecule has 7 nitrogen and oxygen atoms in total. The van der Waals surface area contributed by atoms with Crippen molar-refractivity contribution in [3.05, 3.63) is 29.6 Å². The van der Waals surface area contributed by atoms with Crippen molar-refractivity contribution in [1.82, 2.24) is 25.1 Å². The van der Waals surface area contributed by atoms with Crippen LogP contribution in [-0.2, 0) is 13.5 Å². The molecule has 0 radical (unpaired) electrons. The Morgan fingerprint density at radius 3 is 2.84 bits per heavy atom. The first-order valence-corrected chi connectivity index (χ1v) is 6.10. The summed E-state index contributed by atoms with van der Waals surface area (Å²) in [6.07, 6.45) is 4.09. The second kappa shape index (κ2) is 5.55. The Kier molecular flexibility index (Phi) is 3.84. The zero-order valence-corrected chi connectivity index (χ0v) is 11.3. The van der Waals surface area contributed by atoms with E-state index in [-0.39, 0.29) is 6.03 Å². The van der Waals surface area contributed by atoms with Gasteiger partial charge in [0.1, 0.15) is 0 Å². The van der Waals surface area contributed by atoms with E-state index in [1.54, 1.807) is 17.2 Å². The highest BCUT2D eigenvalue weighted by Crippen LogP contribution is 2.17. The molecule has 2 heterocycles. The van der Waals surface area contributed by atoms with Crippen molar-refractivity contribution >= 4 is 11.7 Å². The van der Waals surface area contributed by atoms with Crippen LogP contribution in [0.25, 0.3) is 0 Å². The Morgan fingerprint density at radius 2 is 2.26 bits per heavy atom. The number of aromatic amines is 1. The molecule has 2 amide bonds. The van der Waals surface area contributed by atoms with E-state index in [9.17, 15) is 4.79 Å². The minimum atomic E-state index is -0.223. The smallest absolute Gasteiger partial charge is 0.319 e. The summed E-state index contributed by atoms with van der Waals surface area (Å²) < 4.78 is 1.75. The predicted molar refractivity (Wildman–Crippen MR) is 72.0 cm³/mol. The minimum absolute atomic E-state index is 0.223. The van der Waals surface area contributed by atoms with Crippen molar-refractivity contribution < 1.29 is 4.79 Å². The number of hydrogen-bond donors (Lipinski definition) is 3. The predicted octanol–water partition coefficient (Wildman–Crippen LogP) is 1.12. The molecule has 0 aliphatic rings. The molecule has 0 bridgehead atoms. The van der Waals surface area contributed by atoms with Gasteiger partial charge < -0.3 is 15.6 Å². The molecule has 2 rings (SSSR count). The van der Waals surface area contributed by atoms with Crippen LogP contribution in [0.4, 0.5) is 10.5 Å². The second-order valence-electron chi connectivity index (χ2n) is 4.38. The maximum Gasteiger partial charge on any atom is 0.319 e. The molecule has 7 heteroatoms. The van der Waals surface area contributed by atoms with Gasteiger partial charge >= 0.3 is 6.03 Å². The van der Waals surface area contributed by atoms with Gasteiger partial charge in [-0.05, 0) is 13.8 Å².